The van der Waals surface area contributed by atoms with E-state index >= 15 is 0 Å². The van der Waals surface area contributed by atoms with Gasteiger partial charge in [0.05, 0.1) is 25.0 Å². The van der Waals surface area contributed by atoms with E-state index in [-0.39, 0.29) is 12.4 Å². The maximum absolute atomic E-state index is 11.7. The summed E-state index contributed by atoms with van der Waals surface area (Å²) < 4.78 is 4.86. The van der Waals surface area contributed by atoms with Crippen LogP contribution in [0, 0.1) is 4.91 Å². The van der Waals surface area contributed by atoms with E-state index in [1.807, 2.05) is 0 Å². The average Bonchev–Trinajstić information content (AvgIpc) is 2.57. The van der Waals surface area contributed by atoms with Crippen molar-refractivity contribution in [3.05, 3.63) is 4.91 Å². The van der Waals surface area contributed by atoms with Gasteiger partial charge in [-0.2, -0.15) is 5.01 Å². The zero-order valence-corrected chi connectivity index (χ0v) is 13.2. The van der Waals surface area contributed by atoms with E-state index in [0.29, 0.717) is 5.01 Å². The minimum absolute atomic E-state index is 0.0347. The number of nitrogens with one attached hydrogen (secondary N) is 2. The maximum atomic E-state index is 11.7. The minimum atomic E-state index is -1.68. The fraction of sp³-hybridized carbons (Fsp3) is 0.818. The number of halogens is 1. The standard InChI is InChI=1S/C11H19ClN4O8/c12-1-2-16(15-23)11(22)13-3-6(18)14-7-9(20)8(19)5(4-17)24-10(7)21/h5,7-10,17,19-21H,1-4H2,(H,13,22)(H,14,18)/t5-,7-,8-,9-,10?/m1/s1. The molecule has 0 aliphatic carbocycles. The smallest absolute Gasteiger partial charge is 0.340 e. The van der Waals surface area contributed by atoms with Crippen LogP contribution in [0.15, 0.2) is 5.29 Å². The highest BCUT2D eigenvalue weighted by Gasteiger charge is 2.44. The third-order valence-corrected chi connectivity index (χ3v) is 3.43. The van der Waals surface area contributed by atoms with E-state index < -0.39 is 55.7 Å². The molecule has 1 saturated heterocycles. The second-order valence-corrected chi connectivity index (χ2v) is 5.25. The highest BCUT2D eigenvalue weighted by molar-refractivity contribution is 6.18. The second kappa shape index (κ2) is 9.66. The molecule has 0 radical (unpaired) electrons. The van der Waals surface area contributed by atoms with Crippen molar-refractivity contribution in [1.82, 2.24) is 15.6 Å². The molecule has 0 saturated carbocycles. The quantitative estimate of drug-likeness (QED) is 0.154. The van der Waals surface area contributed by atoms with E-state index in [9.17, 15) is 29.8 Å². The van der Waals surface area contributed by atoms with Gasteiger partial charge in [-0.1, -0.05) is 0 Å². The van der Waals surface area contributed by atoms with Crippen molar-refractivity contribution < 1.29 is 34.8 Å². The van der Waals surface area contributed by atoms with Gasteiger partial charge in [-0.05, 0) is 0 Å². The Labute approximate surface area is 141 Å². The molecule has 138 valence electrons. The molecule has 1 heterocycles. The van der Waals surface area contributed by atoms with E-state index in [1.54, 1.807) is 0 Å². The Bertz CT molecular complexity index is 456. The molecule has 12 nitrogen and oxygen atoms in total. The first-order valence-electron chi connectivity index (χ1n) is 6.90. The van der Waals surface area contributed by atoms with Gasteiger partial charge < -0.3 is 35.8 Å². The van der Waals surface area contributed by atoms with Crippen molar-refractivity contribution in [3.63, 3.8) is 0 Å². The number of urea groups is 1. The summed E-state index contributed by atoms with van der Waals surface area (Å²) in [5.74, 6) is -0.867. The van der Waals surface area contributed by atoms with Crippen LogP contribution in [0.5, 0.6) is 0 Å². The van der Waals surface area contributed by atoms with Crippen LogP contribution in [0.4, 0.5) is 4.79 Å². The summed E-state index contributed by atoms with van der Waals surface area (Å²) in [6.45, 7) is -1.38. The fourth-order valence-corrected chi connectivity index (χ4v) is 2.16. The molecule has 1 aliphatic heterocycles. The fourth-order valence-electron chi connectivity index (χ4n) is 2.00. The molecule has 3 amide bonds. The Kier molecular flexibility index (Phi) is 8.24. The number of aliphatic hydroxyl groups excluding tert-OH is 4. The molecule has 0 spiro atoms. The topological polar surface area (TPSA) is 181 Å². The van der Waals surface area contributed by atoms with Crippen molar-refractivity contribution in [2.24, 2.45) is 5.29 Å². The van der Waals surface area contributed by atoms with E-state index in [0.717, 1.165) is 0 Å². The normalized spacial score (nSPS) is 29.6. The van der Waals surface area contributed by atoms with Crippen LogP contribution in [0.25, 0.3) is 0 Å². The van der Waals surface area contributed by atoms with Crippen LogP contribution < -0.4 is 10.6 Å². The molecule has 24 heavy (non-hydrogen) atoms. The van der Waals surface area contributed by atoms with Gasteiger partial charge in [-0.15, -0.1) is 16.5 Å². The summed E-state index contributed by atoms with van der Waals surface area (Å²) in [6.07, 6.45) is -6.01. The highest BCUT2D eigenvalue weighted by Crippen LogP contribution is 2.19. The predicted octanol–water partition coefficient (Wildman–Crippen LogP) is -3.17. The van der Waals surface area contributed by atoms with Gasteiger partial charge in [0.1, 0.15) is 24.4 Å². The van der Waals surface area contributed by atoms with E-state index in [1.165, 1.54) is 0 Å². The Morgan fingerprint density at radius 2 is 1.92 bits per heavy atom. The van der Waals surface area contributed by atoms with Crippen LogP contribution in [0.3, 0.4) is 0 Å². The van der Waals surface area contributed by atoms with Gasteiger partial charge in [0.2, 0.25) is 5.91 Å². The summed E-state index contributed by atoms with van der Waals surface area (Å²) in [5, 5.41) is 45.3. The number of carbonyl (C=O) groups is 2. The average molecular weight is 371 g/mol. The summed E-state index contributed by atoms with van der Waals surface area (Å²) in [6, 6.07) is -2.34. The third-order valence-electron chi connectivity index (χ3n) is 3.26. The largest absolute Gasteiger partial charge is 0.394 e. The summed E-state index contributed by atoms with van der Waals surface area (Å²) >= 11 is 5.37. The van der Waals surface area contributed by atoms with Crippen LogP contribution in [0.1, 0.15) is 0 Å². The monoisotopic (exact) mass is 370 g/mol. The number of amides is 3. The zero-order valence-electron chi connectivity index (χ0n) is 12.4. The molecule has 1 unspecified atom stereocenters. The van der Waals surface area contributed by atoms with Crippen molar-refractivity contribution in [2.75, 3.05) is 25.6 Å². The molecular weight excluding hydrogens is 352 g/mol. The molecular formula is C11H19ClN4O8. The first-order valence-corrected chi connectivity index (χ1v) is 7.43. The Balaban J connectivity index is 2.52. The van der Waals surface area contributed by atoms with E-state index in [4.69, 9.17) is 21.4 Å². The number of hydrogen-bond donors (Lipinski definition) is 6. The summed E-state index contributed by atoms with van der Waals surface area (Å²) in [5.41, 5.74) is 0. The lowest BCUT2D eigenvalue weighted by Crippen LogP contribution is -2.64. The molecule has 0 aromatic heterocycles. The molecule has 1 aliphatic rings. The number of aliphatic hydroxyl groups is 4. The van der Waals surface area contributed by atoms with Gasteiger partial charge >= 0.3 is 6.03 Å². The first kappa shape index (κ1) is 20.5. The lowest BCUT2D eigenvalue weighted by molar-refractivity contribution is -0.253. The Morgan fingerprint density at radius 1 is 1.25 bits per heavy atom. The van der Waals surface area contributed by atoms with Gasteiger partial charge in [-0.25, -0.2) is 4.79 Å². The molecule has 1 rings (SSSR count). The Hall–Kier alpha value is -1.57. The number of nitrogens with zero attached hydrogens (tertiary/aromatic N) is 2. The van der Waals surface area contributed by atoms with Crippen LogP contribution in [-0.2, 0) is 9.53 Å². The van der Waals surface area contributed by atoms with Crippen molar-refractivity contribution >= 4 is 23.5 Å². The predicted molar refractivity (Wildman–Crippen MR) is 78.5 cm³/mol. The molecule has 0 aromatic carbocycles. The maximum Gasteiger partial charge on any atom is 0.340 e. The van der Waals surface area contributed by atoms with Crippen LogP contribution >= 0.6 is 11.6 Å². The molecule has 0 bridgehead atoms. The van der Waals surface area contributed by atoms with Gasteiger partial charge in [0.15, 0.2) is 6.29 Å². The van der Waals surface area contributed by atoms with E-state index in [2.05, 4.69) is 15.9 Å². The lowest BCUT2D eigenvalue weighted by atomic mass is 9.97. The number of hydrogen-bond acceptors (Lipinski definition) is 9. The highest BCUT2D eigenvalue weighted by atomic mass is 35.5. The zero-order chi connectivity index (χ0) is 18.3. The lowest BCUT2D eigenvalue weighted by Gasteiger charge is -2.40. The number of carbonyl (C=O) groups excluding carboxylic acids is 2. The minimum Gasteiger partial charge on any atom is -0.394 e. The molecule has 13 heteroatoms. The van der Waals surface area contributed by atoms with Crippen molar-refractivity contribution in [2.45, 2.75) is 30.6 Å². The molecule has 6 N–H and O–H groups in total. The van der Waals surface area contributed by atoms with Crippen molar-refractivity contribution in [1.29, 1.82) is 0 Å². The summed E-state index contributed by atoms with van der Waals surface area (Å²) in [7, 11) is 0. The number of nitroso groups, excluding NO2 is 1. The first-order chi connectivity index (χ1) is 11.3. The SMILES string of the molecule is O=NN(CCCl)C(=O)NCC(=O)N[C@H]1C(O)O[C@H](CO)[C@@H](O)[C@@H]1O. The number of rotatable bonds is 7. The number of ether oxygens (including phenoxy) is 1. The van der Waals surface area contributed by atoms with Crippen LogP contribution in [-0.4, -0.2) is 93.6 Å². The van der Waals surface area contributed by atoms with Gasteiger partial charge in [0.25, 0.3) is 0 Å². The van der Waals surface area contributed by atoms with Crippen LogP contribution in [0.2, 0.25) is 0 Å². The van der Waals surface area contributed by atoms with Gasteiger partial charge in [0, 0.05) is 5.88 Å². The van der Waals surface area contributed by atoms with Crippen molar-refractivity contribution in [3.8, 4) is 0 Å². The third kappa shape index (κ3) is 5.22. The second-order valence-electron chi connectivity index (χ2n) is 4.87. The molecule has 5 atom stereocenters. The van der Waals surface area contributed by atoms with Gasteiger partial charge in [-0.3, -0.25) is 4.79 Å². The molecule has 1 fully saturated rings. The Morgan fingerprint density at radius 3 is 2.46 bits per heavy atom. The summed E-state index contributed by atoms with van der Waals surface area (Å²) in [4.78, 5) is 33.7. The molecule has 0 aromatic rings. The number of alkyl halides is 1.